The Morgan fingerprint density at radius 3 is 2.71 bits per heavy atom. The van der Waals surface area contributed by atoms with Crippen LogP contribution in [-0.2, 0) is 11.0 Å². The Kier molecular flexibility index (Phi) is 5.18. The molecule has 1 N–H and O–H groups in total. The van der Waals surface area contributed by atoms with Gasteiger partial charge in [0.15, 0.2) is 18.2 Å². The molecule has 0 amide bonds. The second kappa shape index (κ2) is 7.51. The van der Waals surface area contributed by atoms with Crippen molar-refractivity contribution in [2.24, 2.45) is 0 Å². The summed E-state index contributed by atoms with van der Waals surface area (Å²) in [5, 5.41) is 10.5. The molecule has 0 aliphatic heterocycles. The number of hydrogen-bond acceptors (Lipinski definition) is 7. The monoisotopic (exact) mass is 441 g/mol. The van der Waals surface area contributed by atoms with Crippen molar-refractivity contribution in [3.8, 4) is 5.75 Å². The van der Waals surface area contributed by atoms with Gasteiger partial charge in [0.2, 0.25) is 5.89 Å². The van der Waals surface area contributed by atoms with E-state index >= 15 is 0 Å². The van der Waals surface area contributed by atoms with E-state index < -0.39 is 5.82 Å². The van der Waals surface area contributed by atoms with E-state index in [0.717, 1.165) is 6.20 Å². The standard InChI is InChI=1S/C15H13FIN5O2/c1-9-21-22-14(24-9)8-23-11-4-2-10(3-5-11)19-15-12(16)7-18-13(6-17)20-15/h2-5,7H,6,8H2,1H3,(H,18,19,20). The summed E-state index contributed by atoms with van der Waals surface area (Å²) < 4.78 is 25.1. The van der Waals surface area contributed by atoms with Crippen LogP contribution in [0.1, 0.15) is 17.6 Å². The van der Waals surface area contributed by atoms with Crippen molar-refractivity contribution < 1.29 is 13.5 Å². The molecule has 2 aromatic heterocycles. The van der Waals surface area contributed by atoms with Gasteiger partial charge in [0.05, 0.1) is 10.6 Å². The molecule has 0 bridgehead atoms. The van der Waals surface area contributed by atoms with Gasteiger partial charge in [-0.3, -0.25) is 0 Å². The molecule has 9 heteroatoms. The van der Waals surface area contributed by atoms with E-state index in [1.54, 1.807) is 31.2 Å². The highest BCUT2D eigenvalue weighted by atomic mass is 127. The summed E-state index contributed by atoms with van der Waals surface area (Å²) in [5.41, 5.74) is 0.688. The molecule has 0 unspecified atom stereocenters. The number of rotatable bonds is 6. The highest BCUT2D eigenvalue weighted by Crippen LogP contribution is 2.21. The quantitative estimate of drug-likeness (QED) is 0.463. The first-order chi connectivity index (χ1) is 11.6. The van der Waals surface area contributed by atoms with E-state index in [1.165, 1.54) is 0 Å². The average molecular weight is 441 g/mol. The van der Waals surface area contributed by atoms with E-state index in [4.69, 9.17) is 9.15 Å². The van der Waals surface area contributed by atoms with Crippen molar-refractivity contribution in [3.05, 3.63) is 53.9 Å². The third kappa shape index (κ3) is 4.16. The van der Waals surface area contributed by atoms with Crippen LogP contribution in [0.4, 0.5) is 15.9 Å². The van der Waals surface area contributed by atoms with Crippen molar-refractivity contribution in [3.63, 3.8) is 0 Å². The lowest BCUT2D eigenvalue weighted by Gasteiger charge is -2.09. The third-order valence-electron chi connectivity index (χ3n) is 2.96. The first-order valence-electron chi connectivity index (χ1n) is 7.00. The van der Waals surface area contributed by atoms with Gasteiger partial charge in [0.25, 0.3) is 5.89 Å². The van der Waals surface area contributed by atoms with E-state index in [-0.39, 0.29) is 12.4 Å². The zero-order valence-corrected chi connectivity index (χ0v) is 14.8. The van der Waals surface area contributed by atoms with Crippen molar-refractivity contribution in [2.75, 3.05) is 5.32 Å². The molecule has 24 heavy (non-hydrogen) atoms. The number of benzene rings is 1. The largest absolute Gasteiger partial charge is 0.484 e. The van der Waals surface area contributed by atoms with Gasteiger partial charge in [-0.25, -0.2) is 14.4 Å². The molecule has 0 atom stereocenters. The van der Waals surface area contributed by atoms with Gasteiger partial charge in [-0.2, -0.15) is 0 Å². The Labute approximate surface area is 150 Å². The van der Waals surface area contributed by atoms with Gasteiger partial charge in [0, 0.05) is 12.6 Å². The van der Waals surface area contributed by atoms with Crippen molar-refractivity contribution in [1.29, 1.82) is 0 Å². The second-order valence-corrected chi connectivity index (χ2v) is 5.53. The van der Waals surface area contributed by atoms with Gasteiger partial charge < -0.3 is 14.5 Å². The van der Waals surface area contributed by atoms with Crippen molar-refractivity contribution in [1.82, 2.24) is 20.2 Å². The van der Waals surface area contributed by atoms with Crippen LogP contribution in [0.15, 0.2) is 34.9 Å². The fourth-order valence-corrected chi connectivity index (χ4v) is 2.24. The number of ether oxygens (including phenoxy) is 1. The zero-order chi connectivity index (χ0) is 16.9. The van der Waals surface area contributed by atoms with Crippen LogP contribution in [0.2, 0.25) is 0 Å². The summed E-state index contributed by atoms with van der Waals surface area (Å²) in [5.74, 6) is 1.74. The summed E-state index contributed by atoms with van der Waals surface area (Å²) in [6, 6.07) is 7.03. The molecule has 0 fully saturated rings. The first-order valence-corrected chi connectivity index (χ1v) is 8.53. The fraction of sp³-hybridized carbons (Fsp3) is 0.200. The van der Waals surface area contributed by atoms with Crippen LogP contribution in [0.3, 0.4) is 0 Å². The van der Waals surface area contributed by atoms with E-state index in [1.807, 2.05) is 0 Å². The maximum Gasteiger partial charge on any atom is 0.253 e. The van der Waals surface area contributed by atoms with E-state index in [9.17, 15) is 4.39 Å². The van der Waals surface area contributed by atoms with Gasteiger partial charge in [-0.15, -0.1) is 10.2 Å². The Morgan fingerprint density at radius 1 is 1.25 bits per heavy atom. The molecule has 1 aromatic carbocycles. The fourth-order valence-electron chi connectivity index (χ4n) is 1.87. The van der Waals surface area contributed by atoms with Crippen LogP contribution >= 0.6 is 22.6 Å². The number of aromatic nitrogens is 4. The number of nitrogens with zero attached hydrogens (tertiary/aromatic N) is 4. The molecule has 124 valence electrons. The number of nitrogens with one attached hydrogen (secondary N) is 1. The summed E-state index contributed by atoms with van der Waals surface area (Å²) in [6.45, 7) is 1.90. The lowest BCUT2D eigenvalue weighted by Crippen LogP contribution is -2.02. The summed E-state index contributed by atoms with van der Waals surface area (Å²) >= 11 is 2.12. The maximum atomic E-state index is 13.7. The summed E-state index contributed by atoms with van der Waals surface area (Å²) in [4.78, 5) is 8.02. The number of aryl methyl sites for hydroxylation is 1. The Hall–Kier alpha value is -2.30. The van der Waals surface area contributed by atoms with E-state index in [2.05, 4.69) is 48.1 Å². The molecule has 3 aromatic rings. The molecule has 0 aliphatic rings. The Morgan fingerprint density at radius 2 is 2.04 bits per heavy atom. The highest BCUT2D eigenvalue weighted by molar-refractivity contribution is 14.1. The minimum atomic E-state index is -0.504. The molecule has 0 spiro atoms. The number of halogens is 2. The molecule has 0 saturated carbocycles. The Bertz CT molecular complexity index is 825. The van der Waals surface area contributed by atoms with Crippen LogP contribution in [0.25, 0.3) is 0 Å². The van der Waals surface area contributed by atoms with Crippen LogP contribution in [0, 0.1) is 12.7 Å². The highest BCUT2D eigenvalue weighted by Gasteiger charge is 2.07. The molecule has 0 aliphatic carbocycles. The number of hydrogen-bond donors (Lipinski definition) is 1. The molecule has 3 rings (SSSR count). The van der Waals surface area contributed by atoms with Crippen molar-refractivity contribution in [2.45, 2.75) is 18.0 Å². The SMILES string of the molecule is Cc1nnc(COc2ccc(Nc3nc(CI)ncc3F)cc2)o1. The predicted molar refractivity (Wildman–Crippen MR) is 92.8 cm³/mol. The smallest absolute Gasteiger partial charge is 0.253 e. The van der Waals surface area contributed by atoms with Gasteiger partial charge in [-0.05, 0) is 24.3 Å². The van der Waals surface area contributed by atoms with Crippen molar-refractivity contribution >= 4 is 34.1 Å². The molecule has 0 radical (unpaired) electrons. The average Bonchev–Trinajstić information content (AvgIpc) is 3.01. The van der Waals surface area contributed by atoms with Crippen LogP contribution in [0.5, 0.6) is 5.75 Å². The zero-order valence-electron chi connectivity index (χ0n) is 12.7. The lowest BCUT2D eigenvalue weighted by atomic mass is 10.3. The van der Waals surface area contributed by atoms with Crippen LogP contribution in [-0.4, -0.2) is 20.2 Å². The minimum absolute atomic E-state index is 0.145. The van der Waals surface area contributed by atoms with Crippen LogP contribution < -0.4 is 10.1 Å². The number of anilines is 2. The van der Waals surface area contributed by atoms with Gasteiger partial charge in [0.1, 0.15) is 11.6 Å². The molecule has 2 heterocycles. The summed E-state index contributed by atoms with van der Waals surface area (Å²) in [6.07, 6.45) is 1.16. The molecular weight excluding hydrogens is 428 g/mol. The van der Waals surface area contributed by atoms with Gasteiger partial charge in [-0.1, -0.05) is 22.6 Å². The predicted octanol–water partition coefficient (Wildman–Crippen LogP) is 3.56. The Balaban J connectivity index is 1.64. The van der Waals surface area contributed by atoms with Gasteiger partial charge >= 0.3 is 0 Å². The summed E-state index contributed by atoms with van der Waals surface area (Å²) in [7, 11) is 0. The molecule has 0 saturated heterocycles. The molecule has 7 nitrogen and oxygen atoms in total. The first kappa shape index (κ1) is 16.6. The maximum absolute atomic E-state index is 13.7. The third-order valence-corrected chi connectivity index (χ3v) is 3.64. The molecular formula is C15H13FIN5O2. The topological polar surface area (TPSA) is 86.0 Å². The second-order valence-electron chi connectivity index (χ2n) is 4.77. The lowest BCUT2D eigenvalue weighted by molar-refractivity contribution is 0.260. The minimum Gasteiger partial charge on any atom is -0.484 e. The number of alkyl halides is 1. The normalized spacial score (nSPS) is 10.6. The van der Waals surface area contributed by atoms with E-state index in [0.29, 0.717) is 33.5 Å².